The molecule has 3 aliphatic carbocycles. The molecule has 1 nitrogen and oxygen atoms in total. The highest BCUT2D eigenvalue weighted by molar-refractivity contribution is 5.91. The molecular formula is C44H45N. The molecule has 1 heteroatoms. The number of allylic oxidation sites excluding steroid dienone is 5. The first-order valence-corrected chi connectivity index (χ1v) is 16.6. The van der Waals surface area contributed by atoms with Crippen LogP contribution in [0.1, 0.15) is 99.7 Å². The van der Waals surface area contributed by atoms with Crippen molar-refractivity contribution in [1.29, 1.82) is 0 Å². The summed E-state index contributed by atoms with van der Waals surface area (Å²) in [5.74, 6) is 0.211. The van der Waals surface area contributed by atoms with E-state index in [-0.39, 0.29) is 28.2 Å². The lowest BCUT2D eigenvalue weighted by molar-refractivity contribution is 0.571. The monoisotopic (exact) mass is 587 g/mol. The number of nitrogens with zero attached hydrogens (tertiary/aromatic N) is 1. The average Bonchev–Trinajstić information content (AvgIpc) is 3.41. The fourth-order valence-electron chi connectivity index (χ4n) is 8.19. The number of aliphatic imine (C=N–C) groups is 1. The molecule has 4 aromatic carbocycles. The van der Waals surface area contributed by atoms with E-state index < -0.39 is 0 Å². The predicted octanol–water partition coefficient (Wildman–Crippen LogP) is 11.1. The van der Waals surface area contributed by atoms with E-state index in [0.717, 1.165) is 12.0 Å². The number of rotatable bonds is 6. The van der Waals surface area contributed by atoms with Gasteiger partial charge in [0.05, 0.1) is 6.04 Å². The third kappa shape index (κ3) is 4.71. The van der Waals surface area contributed by atoms with Gasteiger partial charge in [0.1, 0.15) is 0 Å². The molecule has 0 fully saturated rings. The zero-order valence-corrected chi connectivity index (χ0v) is 27.9. The molecule has 3 unspecified atom stereocenters. The molecule has 0 aromatic heterocycles. The summed E-state index contributed by atoms with van der Waals surface area (Å²) in [7, 11) is 0. The van der Waals surface area contributed by atoms with Crippen LogP contribution in [0.15, 0.2) is 126 Å². The van der Waals surface area contributed by atoms with Crippen molar-refractivity contribution in [2.24, 2.45) is 4.99 Å². The summed E-state index contributed by atoms with van der Waals surface area (Å²) in [5, 5.41) is 0. The van der Waals surface area contributed by atoms with Crippen molar-refractivity contribution >= 4 is 11.8 Å². The van der Waals surface area contributed by atoms with E-state index in [1.54, 1.807) is 0 Å². The van der Waals surface area contributed by atoms with Crippen LogP contribution >= 0.6 is 0 Å². The molecule has 0 radical (unpaired) electrons. The van der Waals surface area contributed by atoms with E-state index in [1.165, 1.54) is 55.7 Å². The third-order valence-electron chi connectivity index (χ3n) is 11.0. The number of hydrogen-bond donors (Lipinski definition) is 0. The molecule has 4 aromatic rings. The molecule has 0 spiro atoms. The Kier molecular flexibility index (Phi) is 7.00. The van der Waals surface area contributed by atoms with E-state index in [0.29, 0.717) is 0 Å². The van der Waals surface area contributed by atoms with Crippen molar-refractivity contribution < 1.29 is 0 Å². The summed E-state index contributed by atoms with van der Waals surface area (Å²) >= 11 is 0. The fourth-order valence-corrected chi connectivity index (χ4v) is 8.19. The van der Waals surface area contributed by atoms with Gasteiger partial charge in [0, 0.05) is 28.4 Å². The standard InChI is InChI=1S/C44H45N/c1-8-13-33(31-20-23-36-34-14-9-11-16-38(34)42(3,4)40(36)26-31)29(2)45-28-30-18-21-32(22-19-30)44(7)25-24-37-35-15-10-12-17-39(35)43(5,6)41(37)27-44/h8-24,26-29,33H,25H2,1-7H3/b13-8-,45-28?. The molecule has 0 bridgehead atoms. The minimum atomic E-state index is -0.0286. The van der Waals surface area contributed by atoms with Crippen LogP contribution in [0.4, 0.5) is 0 Å². The Morgan fingerprint density at radius 2 is 1.36 bits per heavy atom. The van der Waals surface area contributed by atoms with Crippen LogP contribution in [0.3, 0.4) is 0 Å². The van der Waals surface area contributed by atoms with E-state index in [4.69, 9.17) is 4.99 Å². The smallest absolute Gasteiger partial charge is 0.0574 e. The van der Waals surface area contributed by atoms with Gasteiger partial charge in [-0.2, -0.15) is 0 Å². The third-order valence-corrected chi connectivity index (χ3v) is 11.0. The van der Waals surface area contributed by atoms with Crippen molar-refractivity contribution in [3.8, 4) is 11.1 Å². The summed E-state index contributed by atoms with van der Waals surface area (Å²) in [6, 6.07) is 34.1. The largest absolute Gasteiger partial charge is 0.289 e. The van der Waals surface area contributed by atoms with Gasteiger partial charge in [-0.05, 0) is 81.5 Å². The van der Waals surface area contributed by atoms with Crippen LogP contribution in [0, 0.1) is 0 Å². The van der Waals surface area contributed by atoms with E-state index in [9.17, 15) is 0 Å². The van der Waals surface area contributed by atoms with Gasteiger partial charge in [0.2, 0.25) is 0 Å². The number of hydrogen-bond acceptors (Lipinski definition) is 1. The molecule has 0 heterocycles. The molecule has 45 heavy (non-hydrogen) atoms. The normalized spacial score (nSPS) is 21.9. The van der Waals surface area contributed by atoms with Gasteiger partial charge >= 0.3 is 0 Å². The highest BCUT2D eigenvalue weighted by Crippen LogP contribution is 2.54. The highest BCUT2D eigenvalue weighted by Gasteiger charge is 2.42. The van der Waals surface area contributed by atoms with E-state index >= 15 is 0 Å². The Morgan fingerprint density at radius 1 is 0.711 bits per heavy atom. The first-order chi connectivity index (χ1) is 21.5. The summed E-state index contributed by atoms with van der Waals surface area (Å²) in [5.41, 5.74) is 15.1. The van der Waals surface area contributed by atoms with Crippen LogP contribution in [-0.2, 0) is 16.2 Å². The molecule has 0 saturated heterocycles. The second-order valence-electron chi connectivity index (χ2n) is 14.6. The second-order valence-corrected chi connectivity index (χ2v) is 14.6. The van der Waals surface area contributed by atoms with Gasteiger partial charge in [-0.3, -0.25) is 4.99 Å². The maximum atomic E-state index is 5.11. The lowest BCUT2D eigenvalue weighted by Gasteiger charge is -2.34. The average molecular weight is 588 g/mol. The quantitative estimate of drug-likeness (QED) is 0.157. The van der Waals surface area contributed by atoms with Crippen molar-refractivity contribution in [3.63, 3.8) is 0 Å². The van der Waals surface area contributed by atoms with Crippen LogP contribution in [0.5, 0.6) is 0 Å². The topological polar surface area (TPSA) is 12.4 Å². The zero-order valence-electron chi connectivity index (χ0n) is 27.9. The van der Waals surface area contributed by atoms with Gasteiger partial charge in [-0.1, -0.05) is 150 Å². The van der Waals surface area contributed by atoms with Gasteiger partial charge in [0.15, 0.2) is 0 Å². The molecule has 0 amide bonds. The Morgan fingerprint density at radius 3 is 2.07 bits per heavy atom. The molecule has 3 atom stereocenters. The van der Waals surface area contributed by atoms with Crippen molar-refractivity contribution in [2.75, 3.05) is 0 Å². The van der Waals surface area contributed by atoms with Gasteiger partial charge < -0.3 is 0 Å². The van der Waals surface area contributed by atoms with Crippen molar-refractivity contribution in [2.45, 2.75) is 83.1 Å². The predicted molar refractivity (Wildman–Crippen MR) is 193 cm³/mol. The van der Waals surface area contributed by atoms with Crippen molar-refractivity contribution in [3.05, 3.63) is 160 Å². The Labute approximate surface area is 270 Å². The SMILES string of the molecule is C/C=C\C(c1ccc2c(c1)C(C)(C)c1ccccc1-2)C(C)N=Cc1ccc(C2(C)C=C3C(=CC2)c2ccccc2C3(C)C)cc1. The summed E-state index contributed by atoms with van der Waals surface area (Å²) < 4.78 is 0. The Bertz CT molecular complexity index is 1910. The molecular weight excluding hydrogens is 542 g/mol. The maximum absolute atomic E-state index is 5.11. The lowest BCUT2D eigenvalue weighted by atomic mass is 9.70. The lowest BCUT2D eigenvalue weighted by Crippen LogP contribution is -2.25. The van der Waals surface area contributed by atoms with Crippen molar-refractivity contribution in [1.82, 2.24) is 0 Å². The molecule has 0 saturated carbocycles. The Hall–Kier alpha value is -4.23. The number of benzene rings is 4. The molecule has 0 N–H and O–H groups in total. The first-order valence-electron chi connectivity index (χ1n) is 16.6. The summed E-state index contributed by atoms with van der Waals surface area (Å²) in [4.78, 5) is 5.11. The van der Waals surface area contributed by atoms with E-state index in [1.807, 2.05) is 0 Å². The summed E-state index contributed by atoms with van der Waals surface area (Å²) in [6.45, 7) is 16.2. The first kappa shape index (κ1) is 29.5. The molecule has 3 aliphatic rings. The maximum Gasteiger partial charge on any atom is 0.0574 e. The Balaban J connectivity index is 1.11. The van der Waals surface area contributed by atoms with E-state index in [2.05, 4.69) is 170 Å². The van der Waals surface area contributed by atoms with Gasteiger partial charge in [-0.25, -0.2) is 0 Å². The van der Waals surface area contributed by atoms with Crippen LogP contribution in [0.25, 0.3) is 16.7 Å². The fraction of sp³-hybridized carbons (Fsp3) is 0.295. The molecule has 7 rings (SSSR count). The minimum Gasteiger partial charge on any atom is -0.289 e. The highest BCUT2D eigenvalue weighted by atomic mass is 14.8. The molecule has 226 valence electrons. The van der Waals surface area contributed by atoms with Crippen LogP contribution < -0.4 is 0 Å². The van der Waals surface area contributed by atoms with Crippen LogP contribution in [0.2, 0.25) is 0 Å². The summed E-state index contributed by atoms with van der Waals surface area (Å²) in [6.07, 6.45) is 12.6. The minimum absolute atomic E-state index is 0.00354. The van der Waals surface area contributed by atoms with Gasteiger partial charge in [0.25, 0.3) is 0 Å². The zero-order chi connectivity index (χ0) is 31.6. The molecule has 0 aliphatic heterocycles. The number of fused-ring (bicyclic) bond motifs is 6. The van der Waals surface area contributed by atoms with Crippen LogP contribution in [-0.4, -0.2) is 12.3 Å². The van der Waals surface area contributed by atoms with Gasteiger partial charge in [-0.15, -0.1) is 0 Å². The second kappa shape index (κ2) is 10.7.